The van der Waals surface area contributed by atoms with Crippen LogP contribution in [0.2, 0.25) is 0 Å². The Hall–Kier alpha value is -2.32. The number of alkyl halides is 3. The molecule has 0 radical (unpaired) electrons. The number of hydrogen-bond acceptors (Lipinski definition) is 4. The van der Waals surface area contributed by atoms with Gasteiger partial charge in [0.25, 0.3) is 5.91 Å². The zero-order valence-corrected chi connectivity index (χ0v) is 12.0. The SMILES string of the molecule is O=C(O)C1CCCN(C(=O)c2cccnc2OCC(F)(F)F)C1. The number of amides is 1. The van der Waals surface area contributed by atoms with Gasteiger partial charge in [-0.3, -0.25) is 9.59 Å². The van der Waals surface area contributed by atoms with Gasteiger partial charge in [-0.1, -0.05) is 0 Å². The summed E-state index contributed by atoms with van der Waals surface area (Å²) in [6.07, 6.45) is -2.35. The second-order valence-electron chi connectivity index (χ2n) is 5.19. The molecule has 1 fully saturated rings. The van der Waals surface area contributed by atoms with Gasteiger partial charge in [0.2, 0.25) is 5.88 Å². The number of likely N-dealkylation sites (tertiary alicyclic amines) is 1. The molecular formula is C14H15F3N2O4. The van der Waals surface area contributed by atoms with Gasteiger partial charge in [0.1, 0.15) is 5.56 Å². The molecule has 0 spiro atoms. The predicted molar refractivity (Wildman–Crippen MR) is 72.1 cm³/mol. The highest BCUT2D eigenvalue weighted by molar-refractivity contribution is 5.96. The van der Waals surface area contributed by atoms with Crippen LogP contribution in [0.1, 0.15) is 23.2 Å². The lowest BCUT2D eigenvalue weighted by molar-refractivity contribution is -0.154. The normalized spacial score (nSPS) is 18.6. The zero-order valence-electron chi connectivity index (χ0n) is 12.0. The Morgan fingerprint density at radius 1 is 1.43 bits per heavy atom. The maximum Gasteiger partial charge on any atom is 0.422 e. The number of piperidine rings is 1. The van der Waals surface area contributed by atoms with Crippen LogP contribution in [-0.4, -0.2) is 52.7 Å². The summed E-state index contributed by atoms with van der Waals surface area (Å²) in [7, 11) is 0. The van der Waals surface area contributed by atoms with E-state index < -0.39 is 36.5 Å². The van der Waals surface area contributed by atoms with Crippen molar-refractivity contribution in [3.63, 3.8) is 0 Å². The van der Waals surface area contributed by atoms with E-state index in [1.54, 1.807) is 0 Å². The molecule has 1 unspecified atom stereocenters. The number of pyridine rings is 1. The van der Waals surface area contributed by atoms with Crippen LogP contribution in [0, 0.1) is 5.92 Å². The fraction of sp³-hybridized carbons (Fsp3) is 0.500. The van der Waals surface area contributed by atoms with Crippen LogP contribution in [0.5, 0.6) is 5.88 Å². The van der Waals surface area contributed by atoms with Crippen molar-refractivity contribution in [2.45, 2.75) is 19.0 Å². The van der Waals surface area contributed by atoms with Crippen molar-refractivity contribution in [1.82, 2.24) is 9.88 Å². The average Bonchev–Trinajstić information content (AvgIpc) is 2.52. The van der Waals surface area contributed by atoms with Gasteiger partial charge < -0.3 is 14.7 Å². The summed E-state index contributed by atoms with van der Waals surface area (Å²) in [4.78, 5) is 28.5. The van der Waals surface area contributed by atoms with E-state index in [1.807, 2.05) is 0 Å². The van der Waals surface area contributed by atoms with E-state index in [2.05, 4.69) is 9.72 Å². The molecule has 1 amide bonds. The third kappa shape index (κ3) is 4.57. The average molecular weight is 332 g/mol. The quantitative estimate of drug-likeness (QED) is 0.912. The molecule has 126 valence electrons. The smallest absolute Gasteiger partial charge is 0.422 e. The highest BCUT2D eigenvalue weighted by atomic mass is 19.4. The Labute approximate surface area is 129 Å². The first-order valence-electron chi connectivity index (χ1n) is 6.94. The molecule has 0 bridgehead atoms. The minimum absolute atomic E-state index is 0.0156. The molecule has 9 heteroatoms. The summed E-state index contributed by atoms with van der Waals surface area (Å²) in [6, 6.07) is 2.72. The molecule has 2 heterocycles. The van der Waals surface area contributed by atoms with Crippen LogP contribution in [0.4, 0.5) is 13.2 Å². The summed E-state index contributed by atoms with van der Waals surface area (Å²) in [5, 5.41) is 9.04. The molecule has 0 saturated carbocycles. The van der Waals surface area contributed by atoms with E-state index >= 15 is 0 Å². The van der Waals surface area contributed by atoms with Gasteiger partial charge >= 0.3 is 12.1 Å². The molecule has 1 saturated heterocycles. The highest BCUT2D eigenvalue weighted by Gasteiger charge is 2.32. The topological polar surface area (TPSA) is 79.7 Å². The number of rotatable bonds is 4. The van der Waals surface area contributed by atoms with Crippen LogP contribution < -0.4 is 4.74 Å². The van der Waals surface area contributed by atoms with Gasteiger partial charge in [-0.25, -0.2) is 4.98 Å². The number of carboxylic acids is 1. The number of carbonyl (C=O) groups excluding carboxylic acids is 1. The van der Waals surface area contributed by atoms with Gasteiger partial charge in [-0.15, -0.1) is 0 Å². The Bertz CT molecular complexity index is 592. The second-order valence-corrected chi connectivity index (χ2v) is 5.19. The summed E-state index contributed by atoms with van der Waals surface area (Å²) in [5.41, 5.74) is -0.109. The van der Waals surface area contributed by atoms with Gasteiger partial charge in [0.15, 0.2) is 6.61 Å². The minimum Gasteiger partial charge on any atom is -0.481 e. The molecular weight excluding hydrogens is 317 g/mol. The largest absolute Gasteiger partial charge is 0.481 e. The lowest BCUT2D eigenvalue weighted by Gasteiger charge is -2.31. The number of carboxylic acid groups (broad SMARTS) is 1. The molecule has 1 aromatic rings. The molecule has 1 atom stereocenters. The zero-order chi connectivity index (χ0) is 17.0. The summed E-state index contributed by atoms with van der Waals surface area (Å²) in [5.74, 6) is -2.67. The van der Waals surface area contributed by atoms with E-state index in [0.29, 0.717) is 19.4 Å². The summed E-state index contributed by atoms with van der Waals surface area (Å²) < 4.78 is 41.4. The molecule has 1 aromatic heterocycles. The standard InChI is InChI=1S/C14H15F3N2O4/c15-14(16,17)8-23-11-10(4-1-5-18-11)12(20)19-6-2-3-9(7-19)13(21)22/h1,4-5,9H,2-3,6-8H2,(H,21,22). The molecule has 1 N–H and O–H groups in total. The number of hydrogen-bond donors (Lipinski definition) is 1. The van der Waals surface area contributed by atoms with E-state index in [1.165, 1.54) is 23.2 Å². The van der Waals surface area contributed by atoms with Gasteiger partial charge in [0, 0.05) is 19.3 Å². The Balaban J connectivity index is 2.14. The lowest BCUT2D eigenvalue weighted by atomic mass is 9.98. The number of aromatic nitrogens is 1. The van der Waals surface area contributed by atoms with Crippen LogP contribution in [-0.2, 0) is 4.79 Å². The lowest BCUT2D eigenvalue weighted by Crippen LogP contribution is -2.42. The fourth-order valence-corrected chi connectivity index (χ4v) is 2.35. The second kappa shape index (κ2) is 6.84. The van der Waals surface area contributed by atoms with Crippen LogP contribution >= 0.6 is 0 Å². The van der Waals surface area contributed by atoms with E-state index in [9.17, 15) is 22.8 Å². The number of carbonyl (C=O) groups is 2. The van der Waals surface area contributed by atoms with Crippen molar-refractivity contribution in [2.24, 2.45) is 5.92 Å². The van der Waals surface area contributed by atoms with Gasteiger partial charge in [0.05, 0.1) is 5.92 Å². The van der Waals surface area contributed by atoms with Crippen LogP contribution in [0.15, 0.2) is 18.3 Å². The van der Waals surface area contributed by atoms with E-state index in [0.717, 1.165) is 0 Å². The Morgan fingerprint density at radius 3 is 2.83 bits per heavy atom. The number of halogens is 3. The van der Waals surface area contributed by atoms with E-state index in [4.69, 9.17) is 5.11 Å². The highest BCUT2D eigenvalue weighted by Crippen LogP contribution is 2.24. The molecule has 23 heavy (non-hydrogen) atoms. The summed E-state index contributed by atoms with van der Waals surface area (Å²) >= 11 is 0. The van der Waals surface area contributed by atoms with E-state index in [-0.39, 0.29) is 12.1 Å². The first kappa shape index (κ1) is 17.0. The molecule has 0 aliphatic carbocycles. The van der Waals surface area contributed by atoms with Gasteiger partial charge in [-0.2, -0.15) is 13.2 Å². The first-order valence-corrected chi connectivity index (χ1v) is 6.94. The minimum atomic E-state index is -4.54. The molecule has 1 aliphatic heterocycles. The number of aliphatic carboxylic acids is 1. The maximum atomic E-state index is 12.4. The summed E-state index contributed by atoms with van der Waals surface area (Å²) in [6.45, 7) is -1.19. The third-order valence-corrected chi connectivity index (χ3v) is 3.43. The monoisotopic (exact) mass is 332 g/mol. The molecule has 0 aromatic carbocycles. The third-order valence-electron chi connectivity index (χ3n) is 3.43. The number of ether oxygens (including phenoxy) is 1. The number of nitrogens with zero attached hydrogens (tertiary/aromatic N) is 2. The molecule has 1 aliphatic rings. The predicted octanol–water partition coefficient (Wildman–Crippen LogP) is 1.96. The maximum absolute atomic E-state index is 12.4. The van der Waals surface area contributed by atoms with Crippen LogP contribution in [0.25, 0.3) is 0 Å². The van der Waals surface area contributed by atoms with Crippen molar-refractivity contribution in [1.29, 1.82) is 0 Å². The fourth-order valence-electron chi connectivity index (χ4n) is 2.35. The van der Waals surface area contributed by atoms with Crippen molar-refractivity contribution >= 4 is 11.9 Å². The van der Waals surface area contributed by atoms with Crippen molar-refractivity contribution < 1.29 is 32.6 Å². The van der Waals surface area contributed by atoms with Crippen molar-refractivity contribution in [3.8, 4) is 5.88 Å². The Morgan fingerprint density at radius 2 is 2.17 bits per heavy atom. The van der Waals surface area contributed by atoms with Crippen LogP contribution in [0.3, 0.4) is 0 Å². The van der Waals surface area contributed by atoms with Crippen molar-refractivity contribution in [2.75, 3.05) is 19.7 Å². The van der Waals surface area contributed by atoms with Crippen molar-refractivity contribution in [3.05, 3.63) is 23.9 Å². The first-order chi connectivity index (χ1) is 10.8. The molecule has 2 rings (SSSR count). The van der Waals surface area contributed by atoms with Gasteiger partial charge in [-0.05, 0) is 25.0 Å². The molecule has 6 nitrogen and oxygen atoms in total. The Kier molecular flexibility index (Phi) is 5.07.